The Balaban J connectivity index is 2.59. The maximum absolute atomic E-state index is 12.2. The minimum Gasteiger partial charge on any atom is -0.507 e. The van der Waals surface area contributed by atoms with Gasteiger partial charge in [0.15, 0.2) is 5.78 Å². The van der Waals surface area contributed by atoms with Gasteiger partial charge >= 0.3 is 0 Å². The summed E-state index contributed by atoms with van der Waals surface area (Å²) in [6.45, 7) is 0. The lowest BCUT2D eigenvalue weighted by atomic mass is 10.0. The lowest BCUT2D eigenvalue weighted by Gasteiger charge is -2.09. The van der Waals surface area contributed by atoms with E-state index < -0.39 is 5.78 Å². The Morgan fingerprint density at radius 2 is 1.61 bits per heavy atom. The van der Waals surface area contributed by atoms with Crippen LogP contribution in [0.5, 0.6) is 5.75 Å². The average Bonchev–Trinajstić information content (AvgIpc) is 2.37. The highest BCUT2D eigenvalue weighted by Crippen LogP contribution is 2.39. The third-order valence-corrected chi connectivity index (χ3v) is 3.67. The third-order valence-electron chi connectivity index (χ3n) is 2.40. The van der Waals surface area contributed by atoms with E-state index in [0.29, 0.717) is 5.56 Å². The van der Waals surface area contributed by atoms with Crippen LogP contribution in [0, 0.1) is 0 Å². The van der Waals surface area contributed by atoms with Gasteiger partial charge in [-0.25, -0.2) is 0 Å². The minimum atomic E-state index is -0.406. The predicted octanol–water partition coefficient (Wildman–Crippen LogP) is 4.58. The number of hydrogen-bond donors (Lipinski definition) is 1. The summed E-state index contributed by atoms with van der Waals surface area (Å²) in [6.07, 6.45) is 0. The molecule has 0 heterocycles. The molecule has 0 fully saturated rings. The highest BCUT2D eigenvalue weighted by Gasteiger charge is 2.21. The Labute approximate surface area is 119 Å². The molecule has 0 amide bonds. The van der Waals surface area contributed by atoms with Crippen LogP contribution in [0.3, 0.4) is 0 Å². The van der Waals surface area contributed by atoms with E-state index in [0.717, 1.165) is 0 Å². The summed E-state index contributed by atoms with van der Waals surface area (Å²) in [5.41, 5.74) is 0.366. The predicted molar refractivity (Wildman–Crippen MR) is 73.0 cm³/mol. The number of carbonyl (C=O) groups is 1. The maximum atomic E-state index is 12.2. The molecule has 0 radical (unpaired) electrons. The molecule has 0 aliphatic rings. The van der Waals surface area contributed by atoms with E-state index in [1.54, 1.807) is 30.3 Å². The largest absolute Gasteiger partial charge is 0.507 e. The minimum absolute atomic E-state index is 0.0442. The molecule has 2 rings (SSSR count). The molecule has 2 aromatic rings. The topological polar surface area (TPSA) is 37.3 Å². The number of benzene rings is 2. The van der Waals surface area contributed by atoms with Crippen molar-refractivity contribution in [3.8, 4) is 5.75 Å². The summed E-state index contributed by atoms with van der Waals surface area (Å²) in [5, 5.41) is 9.89. The van der Waals surface area contributed by atoms with Crippen molar-refractivity contribution in [3.63, 3.8) is 0 Å². The van der Waals surface area contributed by atoms with E-state index in [2.05, 4.69) is 0 Å². The molecule has 18 heavy (non-hydrogen) atoms. The van der Waals surface area contributed by atoms with Crippen molar-refractivity contribution in [2.75, 3.05) is 0 Å². The molecule has 2 nitrogen and oxygen atoms in total. The first-order valence-corrected chi connectivity index (χ1v) is 6.12. The summed E-state index contributed by atoms with van der Waals surface area (Å²) < 4.78 is 0. The second kappa shape index (κ2) is 5.19. The van der Waals surface area contributed by atoms with Gasteiger partial charge in [0, 0.05) is 11.6 Å². The van der Waals surface area contributed by atoms with Crippen LogP contribution in [-0.4, -0.2) is 10.9 Å². The Hall–Kier alpha value is -1.22. The standard InChI is InChI=1S/C13H7Cl3O2/c14-8-6-9(17)10(12(16)11(8)15)13(18)7-4-2-1-3-5-7/h1-6,17H. The second-order valence-corrected chi connectivity index (χ2v) is 4.74. The van der Waals surface area contributed by atoms with Crippen LogP contribution < -0.4 is 0 Å². The van der Waals surface area contributed by atoms with Gasteiger partial charge in [-0.1, -0.05) is 65.1 Å². The van der Waals surface area contributed by atoms with E-state index in [1.165, 1.54) is 6.07 Å². The number of carbonyl (C=O) groups excluding carboxylic acids is 1. The molecule has 0 aliphatic heterocycles. The van der Waals surface area contributed by atoms with E-state index >= 15 is 0 Å². The van der Waals surface area contributed by atoms with Gasteiger partial charge in [-0.2, -0.15) is 0 Å². The van der Waals surface area contributed by atoms with Crippen molar-refractivity contribution >= 4 is 40.6 Å². The van der Waals surface area contributed by atoms with Crippen molar-refractivity contribution in [2.24, 2.45) is 0 Å². The SMILES string of the molecule is O=C(c1ccccc1)c1c(O)cc(Cl)c(Cl)c1Cl. The van der Waals surface area contributed by atoms with Crippen molar-refractivity contribution < 1.29 is 9.90 Å². The first-order chi connectivity index (χ1) is 8.52. The fourth-order valence-electron chi connectivity index (χ4n) is 1.53. The molecule has 0 saturated heterocycles. The zero-order valence-corrected chi connectivity index (χ0v) is 11.2. The van der Waals surface area contributed by atoms with Crippen LogP contribution in [-0.2, 0) is 0 Å². The zero-order valence-electron chi connectivity index (χ0n) is 8.95. The van der Waals surface area contributed by atoms with Gasteiger partial charge in [-0.3, -0.25) is 4.79 Å². The molecule has 0 aliphatic carbocycles. The van der Waals surface area contributed by atoms with E-state index in [4.69, 9.17) is 34.8 Å². The van der Waals surface area contributed by atoms with Crippen LogP contribution >= 0.6 is 34.8 Å². The van der Waals surface area contributed by atoms with Crippen LogP contribution in [0.1, 0.15) is 15.9 Å². The lowest BCUT2D eigenvalue weighted by molar-refractivity contribution is 0.103. The molecule has 0 saturated carbocycles. The number of rotatable bonds is 2. The van der Waals surface area contributed by atoms with Crippen molar-refractivity contribution in [1.82, 2.24) is 0 Å². The maximum Gasteiger partial charge on any atom is 0.198 e. The van der Waals surface area contributed by atoms with Crippen LogP contribution in [0.2, 0.25) is 15.1 Å². The van der Waals surface area contributed by atoms with Gasteiger partial charge < -0.3 is 5.11 Å². The molecular formula is C13H7Cl3O2. The third kappa shape index (κ3) is 2.32. The van der Waals surface area contributed by atoms with Crippen molar-refractivity contribution in [1.29, 1.82) is 0 Å². The van der Waals surface area contributed by atoms with Gasteiger partial charge in [-0.15, -0.1) is 0 Å². The molecule has 5 heteroatoms. The van der Waals surface area contributed by atoms with Gasteiger partial charge in [0.25, 0.3) is 0 Å². The number of phenols is 1. The first kappa shape index (κ1) is 13.2. The van der Waals surface area contributed by atoms with Crippen molar-refractivity contribution in [2.45, 2.75) is 0 Å². The molecule has 0 aromatic heterocycles. The number of aromatic hydroxyl groups is 1. The van der Waals surface area contributed by atoms with E-state index in [9.17, 15) is 9.90 Å². The second-order valence-electron chi connectivity index (χ2n) is 3.58. The van der Waals surface area contributed by atoms with Gasteiger partial charge in [0.05, 0.1) is 20.6 Å². The van der Waals surface area contributed by atoms with Crippen LogP contribution in [0.25, 0.3) is 0 Å². The summed E-state index contributed by atoms with van der Waals surface area (Å²) in [5.74, 6) is -0.695. The fourth-order valence-corrected chi connectivity index (χ4v) is 2.21. The van der Waals surface area contributed by atoms with Gasteiger partial charge in [0.2, 0.25) is 0 Å². The Bertz CT molecular complexity index is 609. The fraction of sp³-hybridized carbons (Fsp3) is 0. The Kier molecular flexibility index (Phi) is 3.81. The Morgan fingerprint density at radius 3 is 2.22 bits per heavy atom. The molecule has 0 spiro atoms. The average molecular weight is 302 g/mol. The molecule has 0 atom stereocenters. The lowest BCUT2D eigenvalue weighted by Crippen LogP contribution is -2.03. The first-order valence-electron chi connectivity index (χ1n) is 4.98. The number of hydrogen-bond acceptors (Lipinski definition) is 2. The molecule has 0 unspecified atom stereocenters. The molecule has 92 valence electrons. The quantitative estimate of drug-likeness (QED) is 0.651. The van der Waals surface area contributed by atoms with E-state index in [1.807, 2.05) is 0 Å². The monoisotopic (exact) mass is 300 g/mol. The number of phenolic OH excluding ortho intramolecular Hbond substituents is 1. The van der Waals surface area contributed by atoms with Crippen LogP contribution in [0.15, 0.2) is 36.4 Å². The Morgan fingerprint density at radius 1 is 1.00 bits per heavy atom. The van der Waals surface area contributed by atoms with Gasteiger partial charge in [0.1, 0.15) is 5.75 Å². The normalized spacial score (nSPS) is 10.4. The number of halogens is 3. The van der Waals surface area contributed by atoms with Gasteiger partial charge in [-0.05, 0) is 0 Å². The zero-order chi connectivity index (χ0) is 13.3. The number of ketones is 1. The van der Waals surface area contributed by atoms with E-state index in [-0.39, 0.29) is 26.4 Å². The molecule has 2 aromatic carbocycles. The molecular weight excluding hydrogens is 294 g/mol. The molecule has 1 N–H and O–H groups in total. The highest BCUT2D eigenvalue weighted by atomic mass is 35.5. The summed E-state index contributed by atoms with van der Waals surface area (Å²) in [4.78, 5) is 12.2. The summed E-state index contributed by atoms with van der Waals surface area (Å²) in [6, 6.07) is 9.67. The molecule has 0 bridgehead atoms. The smallest absolute Gasteiger partial charge is 0.198 e. The van der Waals surface area contributed by atoms with Crippen molar-refractivity contribution in [3.05, 3.63) is 62.6 Å². The summed E-state index contributed by atoms with van der Waals surface area (Å²) >= 11 is 17.6. The highest BCUT2D eigenvalue weighted by molar-refractivity contribution is 6.49. The van der Waals surface area contributed by atoms with Crippen LogP contribution in [0.4, 0.5) is 0 Å². The summed E-state index contributed by atoms with van der Waals surface area (Å²) in [7, 11) is 0.